The third-order valence-corrected chi connectivity index (χ3v) is 4.13. The number of aryl methyl sites for hydroxylation is 1. The van der Waals surface area contributed by atoms with E-state index in [0.717, 1.165) is 11.8 Å². The van der Waals surface area contributed by atoms with Crippen LogP contribution in [0.2, 0.25) is 0 Å². The van der Waals surface area contributed by atoms with E-state index in [4.69, 9.17) is 8.83 Å². The molecule has 0 aliphatic heterocycles. The number of benzene rings is 1. The Hall–Kier alpha value is -3.75. The molecule has 0 fully saturated rings. The van der Waals surface area contributed by atoms with Crippen LogP contribution in [-0.4, -0.2) is 25.9 Å². The van der Waals surface area contributed by atoms with Crippen molar-refractivity contribution in [3.63, 3.8) is 0 Å². The van der Waals surface area contributed by atoms with Gasteiger partial charge in [-0.2, -0.15) is 5.10 Å². The minimum absolute atomic E-state index is 0.118. The fourth-order valence-corrected chi connectivity index (χ4v) is 2.87. The van der Waals surface area contributed by atoms with E-state index < -0.39 is 5.91 Å². The second kappa shape index (κ2) is 6.76. The second-order valence-electron chi connectivity index (χ2n) is 6.55. The molecular weight excluding hydrogens is 362 g/mol. The summed E-state index contributed by atoms with van der Waals surface area (Å²) >= 11 is 0. The number of nitrogens with one attached hydrogen (secondary N) is 1. The zero-order chi connectivity index (χ0) is 19.8. The number of rotatable bonds is 4. The number of anilines is 1. The molecule has 1 amide bonds. The van der Waals surface area contributed by atoms with E-state index in [1.54, 1.807) is 24.3 Å². The standard InChI is InChI=1S/C19H17N5O4/c1-10(2)24-11(3)8-13(23-24)18-21-22-19(28-18)20-17(26)16-9-14(25)12-6-4-5-7-15(12)27-16/h4-10H,1-3H3,(H,20,22,26). The van der Waals surface area contributed by atoms with Crippen LogP contribution in [0.25, 0.3) is 22.6 Å². The topological polar surface area (TPSA) is 116 Å². The van der Waals surface area contributed by atoms with Gasteiger partial charge in [0.25, 0.3) is 11.8 Å². The normalized spacial score (nSPS) is 11.3. The lowest BCUT2D eigenvalue weighted by atomic mass is 10.2. The molecule has 9 heteroatoms. The summed E-state index contributed by atoms with van der Waals surface area (Å²) in [6.45, 7) is 5.96. The molecule has 0 radical (unpaired) electrons. The van der Waals surface area contributed by atoms with E-state index in [1.807, 2.05) is 31.5 Å². The van der Waals surface area contributed by atoms with Crippen LogP contribution in [0.4, 0.5) is 6.01 Å². The average molecular weight is 379 g/mol. The summed E-state index contributed by atoms with van der Waals surface area (Å²) in [5.74, 6) is -0.636. The maximum absolute atomic E-state index is 12.4. The Morgan fingerprint density at radius 3 is 2.68 bits per heavy atom. The molecule has 3 heterocycles. The maximum atomic E-state index is 12.4. The molecule has 0 saturated heterocycles. The Morgan fingerprint density at radius 1 is 1.14 bits per heavy atom. The van der Waals surface area contributed by atoms with Gasteiger partial charge in [0, 0.05) is 17.8 Å². The molecule has 0 aliphatic rings. The molecule has 1 aromatic carbocycles. The lowest BCUT2D eigenvalue weighted by Gasteiger charge is -2.06. The van der Waals surface area contributed by atoms with Gasteiger partial charge in [0.1, 0.15) is 11.3 Å². The molecule has 0 aliphatic carbocycles. The van der Waals surface area contributed by atoms with Crippen molar-refractivity contribution in [3.8, 4) is 11.6 Å². The number of para-hydroxylation sites is 1. The number of nitrogens with zero attached hydrogens (tertiary/aromatic N) is 4. The minimum atomic E-state index is -0.665. The molecule has 1 N–H and O–H groups in total. The Bertz CT molecular complexity index is 1230. The lowest BCUT2D eigenvalue weighted by Crippen LogP contribution is -2.15. The number of carbonyl (C=O) groups is 1. The monoisotopic (exact) mass is 379 g/mol. The zero-order valence-corrected chi connectivity index (χ0v) is 15.5. The van der Waals surface area contributed by atoms with Crippen LogP contribution in [0.3, 0.4) is 0 Å². The Kier molecular flexibility index (Phi) is 4.26. The Labute approximate surface area is 159 Å². The van der Waals surface area contributed by atoms with Crippen LogP contribution < -0.4 is 10.7 Å². The Balaban J connectivity index is 1.58. The van der Waals surface area contributed by atoms with E-state index >= 15 is 0 Å². The van der Waals surface area contributed by atoms with Gasteiger partial charge in [0.15, 0.2) is 11.2 Å². The van der Waals surface area contributed by atoms with Crippen LogP contribution in [0.5, 0.6) is 0 Å². The first-order valence-corrected chi connectivity index (χ1v) is 8.66. The first-order valence-electron chi connectivity index (χ1n) is 8.66. The molecule has 28 heavy (non-hydrogen) atoms. The van der Waals surface area contributed by atoms with Gasteiger partial charge >= 0.3 is 6.01 Å². The van der Waals surface area contributed by atoms with Crippen molar-refractivity contribution in [2.24, 2.45) is 0 Å². The summed E-state index contributed by atoms with van der Waals surface area (Å²) in [5, 5.41) is 15.0. The summed E-state index contributed by atoms with van der Waals surface area (Å²) in [4.78, 5) is 24.5. The molecule has 0 bridgehead atoms. The quantitative estimate of drug-likeness (QED) is 0.579. The fourth-order valence-electron chi connectivity index (χ4n) is 2.87. The van der Waals surface area contributed by atoms with Crippen LogP contribution in [0.1, 0.15) is 36.1 Å². The van der Waals surface area contributed by atoms with Crippen molar-refractivity contribution < 1.29 is 13.6 Å². The van der Waals surface area contributed by atoms with Gasteiger partial charge in [-0.1, -0.05) is 17.2 Å². The van der Waals surface area contributed by atoms with Crippen molar-refractivity contribution >= 4 is 22.9 Å². The van der Waals surface area contributed by atoms with Crippen LogP contribution in [0, 0.1) is 6.92 Å². The van der Waals surface area contributed by atoms with Crippen molar-refractivity contribution in [1.29, 1.82) is 0 Å². The van der Waals surface area contributed by atoms with Gasteiger partial charge in [0.05, 0.1) is 5.39 Å². The molecule has 3 aromatic heterocycles. The summed E-state index contributed by atoms with van der Waals surface area (Å²) < 4.78 is 12.8. The maximum Gasteiger partial charge on any atom is 0.322 e. The van der Waals surface area contributed by atoms with E-state index in [2.05, 4.69) is 20.6 Å². The molecule has 0 spiro atoms. The molecule has 142 valence electrons. The first kappa shape index (κ1) is 17.7. The number of amides is 1. The third kappa shape index (κ3) is 3.18. The summed E-state index contributed by atoms with van der Waals surface area (Å²) in [6, 6.07) is 9.71. The van der Waals surface area contributed by atoms with Crippen LogP contribution in [0.15, 0.2) is 50.0 Å². The molecule has 4 aromatic rings. The van der Waals surface area contributed by atoms with Gasteiger partial charge < -0.3 is 8.83 Å². The summed E-state index contributed by atoms with van der Waals surface area (Å²) in [5.41, 5.74) is 1.47. The third-order valence-electron chi connectivity index (χ3n) is 4.13. The van der Waals surface area contributed by atoms with Crippen molar-refractivity contribution in [1.82, 2.24) is 20.0 Å². The van der Waals surface area contributed by atoms with Gasteiger partial charge in [-0.25, -0.2) is 0 Å². The highest BCUT2D eigenvalue weighted by molar-refractivity contribution is 6.01. The van der Waals surface area contributed by atoms with E-state index in [-0.39, 0.29) is 29.1 Å². The highest BCUT2D eigenvalue weighted by atomic mass is 16.4. The van der Waals surface area contributed by atoms with Crippen molar-refractivity contribution in [2.75, 3.05) is 5.32 Å². The summed E-state index contributed by atoms with van der Waals surface area (Å²) in [7, 11) is 0. The SMILES string of the molecule is Cc1cc(-c2nnc(NC(=O)c3cc(=O)c4ccccc4o3)o2)nn1C(C)C. The number of hydrogen-bond donors (Lipinski definition) is 1. The van der Waals surface area contributed by atoms with E-state index in [9.17, 15) is 9.59 Å². The molecule has 0 unspecified atom stereocenters. The Morgan fingerprint density at radius 2 is 1.93 bits per heavy atom. The lowest BCUT2D eigenvalue weighted by molar-refractivity contribution is 0.0994. The van der Waals surface area contributed by atoms with Gasteiger partial charge in [-0.05, 0) is 39.0 Å². The van der Waals surface area contributed by atoms with Gasteiger partial charge in [-0.3, -0.25) is 19.6 Å². The number of hydrogen-bond acceptors (Lipinski definition) is 7. The molecule has 9 nitrogen and oxygen atoms in total. The molecular formula is C19H17N5O4. The number of carbonyl (C=O) groups excluding carboxylic acids is 1. The predicted molar refractivity (Wildman–Crippen MR) is 101 cm³/mol. The van der Waals surface area contributed by atoms with E-state index in [1.165, 1.54) is 0 Å². The fraction of sp³-hybridized carbons (Fsp3) is 0.211. The van der Waals surface area contributed by atoms with Gasteiger partial charge in [-0.15, -0.1) is 5.10 Å². The summed E-state index contributed by atoms with van der Waals surface area (Å²) in [6.07, 6.45) is 0. The number of aromatic nitrogens is 4. The highest BCUT2D eigenvalue weighted by Crippen LogP contribution is 2.22. The van der Waals surface area contributed by atoms with Crippen LogP contribution >= 0.6 is 0 Å². The van der Waals surface area contributed by atoms with Crippen molar-refractivity contribution in [3.05, 3.63) is 58.1 Å². The highest BCUT2D eigenvalue weighted by Gasteiger charge is 2.18. The van der Waals surface area contributed by atoms with Crippen LogP contribution in [-0.2, 0) is 0 Å². The largest absolute Gasteiger partial charge is 0.451 e. The van der Waals surface area contributed by atoms with E-state index in [0.29, 0.717) is 16.7 Å². The zero-order valence-electron chi connectivity index (χ0n) is 15.5. The second-order valence-corrected chi connectivity index (χ2v) is 6.55. The molecule has 4 rings (SSSR count). The molecule has 0 saturated carbocycles. The average Bonchev–Trinajstić information content (AvgIpc) is 3.28. The smallest absolute Gasteiger partial charge is 0.322 e. The molecule has 0 atom stereocenters. The number of fused-ring (bicyclic) bond motifs is 1. The minimum Gasteiger partial charge on any atom is -0.451 e. The van der Waals surface area contributed by atoms with Gasteiger partial charge in [0.2, 0.25) is 0 Å². The first-order chi connectivity index (χ1) is 13.4. The van der Waals surface area contributed by atoms with Crippen molar-refractivity contribution in [2.45, 2.75) is 26.8 Å². The predicted octanol–water partition coefficient (Wildman–Crippen LogP) is 3.18.